The Labute approximate surface area is 164 Å². The van der Waals surface area contributed by atoms with Gasteiger partial charge in [0, 0.05) is 43.7 Å². The molecule has 1 amide bonds. The molecule has 2 aliphatic rings. The number of hydrogen-bond acceptors (Lipinski definition) is 7. The van der Waals surface area contributed by atoms with E-state index in [0.29, 0.717) is 30.8 Å². The maximum absolute atomic E-state index is 12.8. The summed E-state index contributed by atoms with van der Waals surface area (Å²) in [6.45, 7) is 6.93. The second-order valence-corrected chi connectivity index (χ2v) is 7.31. The first kappa shape index (κ1) is 18.9. The Hall–Kier alpha value is -2.48. The van der Waals surface area contributed by atoms with Gasteiger partial charge in [0.25, 0.3) is 5.91 Å². The van der Waals surface area contributed by atoms with Crippen molar-refractivity contribution < 1.29 is 14.1 Å². The van der Waals surface area contributed by atoms with Crippen LogP contribution in [0, 0.1) is 0 Å². The number of carbonyl (C=O) groups excluding carboxylic acids is 1. The van der Waals surface area contributed by atoms with Gasteiger partial charge in [0.05, 0.1) is 24.6 Å². The summed E-state index contributed by atoms with van der Waals surface area (Å²) in [5.41, 5.74) is 3.54. The molecule has 2 aromatic rings. The summed E-state index contributed by atoms with van der Waals surface area (Å²) < 4.78 is 10.8. The van der Waals surface area contributed by atoms with Crippen LogP contribution in [0.1, 0.15) is 59.8 Å². The Morgan fingerprint density at radius 3 is 2.86 bits per heavy atom. The van der Waals surface area contributed by atoms with Crippen LogP contribution < -0.4 is 10.2 Å². The lowest BCUT2D eigenvalue weighted by Gasteiger charge is -2.32. The van der Waals surface area contributed by atoms with Crippen LogP contribution in [0.3, 0.4) is 0 Å². The molecule has 1 fully saturated rings. The summed E-state index contributed by atoms with van der Waals surface area (Å²) in [4.78, 5) is 24.2. The number of amides is 1. The molecule has 0 saturated carbocycles. The molecule has 1 N–H and O–H groups in total. The number of fused-ring (bicyclic) bond motifs is 1. The van der Waals surface area contributed by atoms with Gasteiger partial charge in [-0.25, -0.2) is 9.97 Å². The number of aryl methyl sites for hydroxylation is 2. The lowest BCUT2D eigenvalue weighted by molar-refractivity contribution is 0.0928. The second kappa shape index (κ2) is 8.26. The number of nitrogens with one attached hydrogen (secondary N) is 1. The molecule has 28 heavy (non-hydrogen) atoms. The van der Waals surface area contributed by atoms with Crippen LogP contribution in [-0.4, -0.2) is 46.8 Å². The largest absolute Gasteiger partial charge is 0.376 e. The van der Waals surface area contributed by atoms with Crippen molar-refractivity contribution >= 4 is 11.9 Å². The van der Waals surface area contributed by atoms with Crippen LogP contribution >= 0.6 is 0 Å². The molecular formula is C20H27N5O3. The molecule has 4 rings (SSSR count). The van der Waals surface area contributed by atoms with E-state index in [1.54, 1.807) is 0 Å². The Morgan fingerprint density at radius 2 is 2.11 bits per heavy atom. The van der Waals surface area contributed by atoms with Crippen molar-refractivity contribution in [2.24, 2.45) is 0 Å². The number of ether oxygens (including phenoxy) is 1. The van der Waals surface area contributed by atoms with Gasteiger partial charge in [0.2, 0.25) is 5.95 Å². The minimum absolute atomic E-state index is 0.0709. The van der Waals surface area contributed by atoms with Crippen molar-refractivity contribution in [1.82, 2.24) is 20.4 Å². The maximum atomic E-state index is 12.8. The summed E-state index contributed by atoms with van der Waals surface area (Å²) in [5.74, 6) is 1.38. The minimum atomic E-state index is -0.0709. The van der Waals surface area contributed by atoms with Crippen molar-refractivity contribution in [3.8, 4) is 0 Å². The first-order chi connectivity index (χ1) is 13.7. The SMILES string of the molecule is CCc1noc(CC)c1C(=O)NC1CCN(c2ncc3c(n2)CCOC3)CC1. The summed E-state index contributed by atoms with van der Waals surface area (Å²) in [6.07, 6.45) is 5.80. The number of rotatable bonds is 5. The van der Waals surface area contributed by atoms with E-state index in [2.05, 4.69) is 20.4 Å². The molecule has 0 aliphatic carbocycles. The van der Waals surface area contributed by atoms with E-state index in [-0.39, 0.29) is 11.9 Å². The molecule has 0 spiro atoms. The highest BCUT2D eigenvalue weighted by Gasteiger charge is 2.27. The predicted molar refractivity (Wildman–Crippen MR) is 103 cm³/mol. The summed E-state index contributed by atoms with van der Waals surface area (Å²) in [6, 6.07) is 0.138. The lowest BCUT2D eigenvalue weighted by Crippen LogP contribution is -2.45. The highest BCUT2D eigenvalue weighted by molar-refractivity contribution is 5.96. The number of hydrogen-bond donors (Lipinski definition) is 1. The number of nitrogens with zero attached hydrogens (tertiary/aromatic N) is 4. The fraction of sp³-hybridized carbons (Fsp3) is 0.600. The van der Waals surface area contributed by atoms with Crippen LogP contribution in [0.5, 0.6) is 0 Å². The molecule has 1 saturated heterocycles. The van der Waals surface area contributed by atoms with Crippen molar-refractivity contribution in [2.75, 3.05) is 24.6 Å². The standard InChI is InChI=1S/C20H27N5O3/c1-3-15-18(17(4-2)28-24-15)19(26)22-14-5-8-25(9-6-14)20-21-11-13-12-27-10-7-16(13)23-20/h11,14H,3-10,12H2,1-2H3,(H,22,26). The van der Waals surface area contributed by atoms with Gasteiger partial charge in [0.1, 0.15) is 11.3 Å². The van der Waals surface area contributed by atoms with Gasteiger partial charge in [-0.3, -0.25) is 4.79 Å². The van der Waals surface area contributed by atoms with E-state index < -0.39 is 0 Å². The Bertz CT molecular complexity index is 821. The monoisotopic (exact) mass is 385 g/mol. The van der Waals surface area contributed by atoms with Crippen LogP contribution in [0.25, 0.3) is 0 Å². The van der Waals surface area contributed by atoms with Gasteiger partial charge in [-0.05, 0) is 19.3 Å². The van der Waals surface area contributed by atoms with Crippen molar-refractivity contribution in [3.05, 3.63) is 34.5 Å². The zero-order chi connectivity index (χ0) is 19.5. The van der Waals surface area contributed by atoms with Crippen LogP contribution in [-0.2, 0) is 30.6 Å². The molecule has 0 unspecified atom stereocenters. The molecular weight excluding hydrogens is 358 g/mol. The van der Waals surface area contributed by atoms with Crippen molar-refractivity contribution in [2.45, 2.75) is 58.6 Å². The Morgan fingerprint density at radius 1 is 1.29 bits per heavy atom. The van der Waals surface area contributed by atoms with Gasteiger partial charge in [0.15, 0.2) is 0 Å². The van der Waals surface area contributed by atoms with Crippen LogP contribution in [0.15, 0.2) is 10.7 Å². The maximum Gasteiger partial charge on any atom is 0.257 e. The minimum Gasteiger partial charge on any atom is -0.376 e. The summed E-state index contributed by atoms with van der Waals surface area (Å²) >= 11 is 0. The number of aromatic nitrogens is 3. The quantitative estimate of drug-likeness (QED) is 0.842. The van der Waals surface area contributed by atoms with E-state index in [9.17, 15) is 4.79 Å². The first-order valence-corrected chi connectivity index (χ1v) is 10.1. The number of piperidine rings is 1. The first-order valence-electron chi connectivity index (χ1n) is 10.1. The van der Waals surface area contributed by atoms with E-state index in [4.69, 9.17) is 14.2 Å². The Kier molecular flexibility index (Phi) is 5.57. The van der Waals surface area contributed by atoms with Gasteiger partial charge in [-0.2, -0.15) is 0 Å². The molecule has 8 heteroatoms. The van der Waals surface area contributed by atoms with E-state index in [0.717, 1.165) is 61.9 Å². The Balaban J connectivity index is 1.37. The van der Waals surface area contributed by atoms with Crippen LogP contribution in [0.2, 0.25) is 0 Å². The van der Waals surface area contributed by atoms with Crippen molar-refractivity contribution in [3.63, 3.8) is 0 Å². The van der Waals surface area contributed by atoms with Gasteiger partial charge in [-0.1, -0.05) is 19.0 Å². The fourth-order valence-corrected chi connectivity index (χ4v) is 3.86. The van der Waals surface area contributed by atoms with E-state index in [1.807, 2.05) is 20.0 Å². The smallest absolute Gasteiger partial charge is 0.257 e. The molecule has 0 aromatic carbocycles. The third-order valence-corrected chi connectivity index (χ3v) is 5.51. The molecule has 4 heterocycles. The molecule has 0 bridgehead atoms. The van der Waals surface area contributed by atoms with Gasteiger partial charge in [-0.15, -0.1) is 0 Å². The second-order valence-electron chi connectivity index (χ2n) is 7.31. The lowest BCUT2D eigenvalue weighted by atomic mass is 10.0. The molecule has 0 radical (unpaired) electrons. The highest BCUT2D eigenvalue weighted by Crippen LogP contribution is 2.21. The zero-order valence-electron chi connectivity index (χ0n) is 16.5. The van der Waals surface area contributed by atoms with Crippen molar-refractivity contribution in [1.29, 1.82) is 0 Å². The number of carbonyl (C=O) groups is 1. The molecule has 8 nitrogen and oxygen atoms in total. The third-order valence-electron chi connectivity index (χ3n) is 5.51. The van der Waals surface area contributed by atoms with E-state index >= 15 is 0 Å². The highest BCUT2D eigenvalue weighted by atomic mass is 16.5. The number of anilines is 1. The molecule has 2 aromatic heterocycles. The summed E-state index contributed by atoms with van der Waals surface area (Å²) in [7, 11) is 0. The third kappa shape index (κ3) is 3.73. The average Bonchev–Trinajstić information content (AvgIpc) is 3.17. The average molecular weight is 385 g/mol. The fourth-order valence-electron chi connectivity index (χ4n) is 3.86. The normalized spacial score (nSPS) is 17.4. The topological polar surface area (TPSA) is 93.4 Å². The molecule has 2 aliphatic heterocycles. The van der Waals surface area contributed by atoms with Crippen LogP contribution in [0.4, 0.5) is 5.95 Å². The molecule has 150 valence electrons. The summed E-state index contributed by atoms with van der Waals surface area (Å²) in [5, 5.41) is 7.21. The predicted octanol–water partition coefficient (Wildman–Crippen LogP) is 2.06. The van der Waals surface area contributed by atoms with E-state index in [1.165, 1.54) is 0 Å². The zero-order valence-corrected chi connectivity index (χ0v) is 16.5. The van der Waals surface area contributed by atoms with Gasteiger partial charge < -0.3 is 19.5 Å². The van der Waals surface area contributed by atoms with Gasteiger partial charge >= 0.3 is 0 Å². The molecule has 0 atom stereocenters.